The normalized spacial score (nSPS) is 9.92. The van der Waals surface area contributed by atoms with Gasteiger partial charge in [-0.05, 0) is 36.4 Å². The largest absolute Gasteiger partial charge is 0.417 e. The van der Waals surface area contributed by atoms with Crippen LogP contribution in [0.5, 0.6) is 5.75 Å². The molecule has 0 radical (unpaired) electrons. The van der Waals surface area contributed by atoms with E-state index < -0.39 is 22.5 Å². The molecular formula is C15H12FN3O5. The van der Waals surface area contributed by atoms with E-state index in [2.05, 4.69) is 10.6 Å². The van der Waals surface area contributed by atoms with Crippen LogP contribution < -0.4 is 15.4 Å². The molecule has 9 heteroatoms. The molecule has 124 valence electrons. The van der Waals surface area contributed by atoms with Gasteiger partial charge in [-0.25, -0.2) is 4.79 Å². The van der Waals surface area contributed by atoms with E-state index in [4.69, 9.17) is 4.74 Å². The topological polar surface area (TPSA) is 111 Å². The number of carbonyl (C=O) groups excluding carboxylic acids is 2. The Morgan fingerprint density at radius 2 is 1.71 bits per heavy atom. The number of benzene rings is 2. The minimum Gasteiger partial charge on any atom is -0.410 e. The van der Waals surface area contributed by atoms with Gasteiger partial charge >= 0.3 is 11.8 Å². The summed E-state index contributed by atoms with van der Waals surface area (Å²) in [6.07, 6.45) is -0.900. The van der Waals surface area contributed by atoms with Crippen molar-refractivity contribution in [1.82, 2.24) is 0 Å². The van der Waals surface area contributed by atoms with Gasteiger partial charge in [-0.15, -0.1) is 0 Å². The van der Waals surface area contributed by atoms with Crippen molar-refractivity contribution in [3.63, 3.8) is 0 Å². The molecule has 24 heavy (non-hydrogen) atoms. The number of nitrogens with zero attached hydrogens (tertiary/aromatic N) is 1. The first-order valence-corrected chi connectivity index (χ1v) is 6.65. The molecule has 2 N–H and O–H groups in total. The van der Waals surface area contributed by atoms with Crippen molar-refractivity contribution < 1.29 is 23.6 Å². The van der Waals surface area contributed by atoms with Crippen LogP contribution in [0.3, 0.4) is 0 Å². The molecular weight excluding hydrogens is 321 g/mol. The number of nitro groups is 1. The molecule has 2 rings (SSSR count). The fraction of sp³-hybridized carbons (Fsp3) is 0.0667. The van der Waals surface area contributed by atoms with Crippen LogP contribution in [0.1, 0.15) is 6.92 Å². The number of amides is 2. The molecule has 2 amide bonds. The summed E-state index contributed by atoms with van der Waals surface area (Å²) in [5.74, 6) is -1.05. The second-order valence-corrected chi connectivity index (χ2v) is 4.64. The van der Waals surface area contributed by atoms with Crippen molar-refractivity contribution in [3.05, 3.63) is 58.4 Å². The Hall–Kier alpha value is -3.49. The number of hydrogen-bond acceptors (Lipinski definition) is 5. The lowest BCUT2D eigenvalue weighted by Gasteiger charge is -2.08. The summed E-state index contributed by atoms with van der Waals surface area (Å²) in [6.45, 7) is 1.36. The molecule has 0 aliphatic carbocycles. The molecule has 0 saturated heterocycles. The van der Waals surface area contributed by atoms with Crippen LogP contribution in [-0.4, -0.2) is 16.9 Å². The zero-order valence-corrected chi connectivity index (χ0v) is 12.4. The fourth-order valence-corrected chi connectivity index (χ4v) is 1.79. The molecule has 0 bridgehead atoms. The molecule has 0 aromatic heterocycles. The summed E-state index contributed by atoms with van der Waals surface area (Å²) in [6, 6.07) is 8.91. The van der Waals surface area contributed by atoms with Gasteiger partial charge in [0.1, 0.15) is 5.75 Å². The fourth-order valence-electron chi connectivity index (χ4n) is 1.79. The van der Waals surface area contributed by atoms with Crippen molar-refractivity contribution in [2.45, 2.75) is 6.92 Å². The van der Waals surface area contributed by atoms with E-state index in [0.29, 0.717) is 5.69 Å². The summed E-state index contributed by atoms with van der Waals surface area (Å²) in [7, 11) is 0. The number of anilines is 2. The molecule has 2 aromatic rings. The van der Waals surface area contributed by atoms with Crippen LogP contribution in [0.2, 0.25) is 0 Å². The predicted octanol–water partition coefficient (Wildman–Crippen LogP) is 3.30. The number of hydrogen-bond donors (Lipinski definition) is 2. The maximum Gasteiger partial charge on any atom is 0.417 e. The number of halogens is 1. The molecule has 0 aliphatic heterocycles. The lowest BCUT2D eigenvalue weighted by Crippen LogP contribution is -2.17. The molecule has 0 aliphatic rings. The molecule has 0 heterocycles. The van der Waals surface area contributed by atoms with Crippen molar-refractivity contribution >= 4 is 29.1 Å². The van der Waals surface area contributed by atoms with Gasteiger partial charge in [-0.2, -0.15) is 4.39 Å². The van der Waals surface area contributed by atoms with E-state index in [0.717, 1.165) is 12.1 Å². The smallest absolute Gasteiger partial charge is 0.410 e. The zero-order valence-electron chi connectivity index (χ0n) is 12.4. The molecule has 0 unspecified atom stereocenters. The Morgan fingerprint density at radius 1 is 1.08 bits per heavy atom. The number of ether oxygens (including phenoxy) is 1. The van der Waals surface area contributed by atoms with E-state index in [1.807, 2.05) is 0 Å². The number of nitro benzene ring substituents is 1. The SMILES string of the molecule is CC(=O)Nc1ccc(OC(=O)Nc2ccc(F)c([N+](=O)[O-])c2)cc1. The Labute approximate surface area is 135 Å². The number of carbonyl (C=O) groups is 2. The van der Waals surface area contributed by atoms with Crippen molar-refractivity contribution in [3.8, 4) is 5.75 Å². The van der Waals surface area contributed by atoms with Crippen molar-refractivity contribution in [2.24, 2.45) is 0 Å². The highest BCUT2D eigenvalue weighted by atomic mass is 19.1. The number of rotatable bonds is 4. The van der Waals surface area contributed by atoms with Gasteiger partial charge in [0.05, 0.1) is 10.6 Å². The van der Waals surface area contributed by atoms with Gasteiger partial charge in [-0.3, -0.25) is 20.2 Å². The average Bonchev–Trinajstić information content (AvgIpc) is 2.50. The maximum atomic E-state index is 13.2. The Balaban J connectivity index is 2.02. The highest BCUT2D eigenvalue weighted by molar-refractivity contribution is 5.89. The van der Waals surface area contributed by atoms with Crippen LogP contribution in [0, 0.1) is 15.9 Å². The minimum atomic E-state index is -1.01. The van der Waals surface area contributed by atoms with E-state index in [1.165, 1.54) is 37.3 Å². The van der Waals surface area contributed by atoms with Gasteiger partial charge in [0.15, 0.2) is 0 Å². The summed E-state index contributed by atoms with van der Waals surface area (Å²) >= 11 is 0. The predicted molar refractivity (Wildman–Crippen MR) is 83.4 cm³/mol. The first-order valence-electron chi connectivity index (χ1n) is 6.65. The molecule has 8 nitrogen and oxygen atoms in total. The Bertz CT molecular complexity index is 792. The number of nitrogens with one attached hydrogen (secondary N) is 2. The third-order valence-electron chi connectivity index (χ3n) is 2.77. The lowest BCUT2D eigenvalue weighted by atomic mass is 10.2. The van der Waals surface area contributed by atoms with Crippen LogP contribution in [0.15, 0.2) is 42.5 Å². The third kappa shape index (κ3) is 4.50. The molecule has 0 atom stereocenters. The van der Waals surface area contributed by atoms with E-state index in [9.17, 15) is 24.1 Å². The second-order valence-electron chi connectivity index (χ2n) is 4.64. The van der Waals surface area contributed by atoms with Gasteiger partial charge < -0.3 is 10.1 Å². The zero-order chi connectivity index (χ0) is 17.7. The van der Waals surface area contributed by atoms with E-state index >= 15 is 0 Å². The van der Waals surface area contributed by atoms with Gasteiger partial charge in [0, 0.05) is 18.7 Å². The lowest BCUT2D eigenvalue weighted by molar-refractivity contribution is -0.387. The van der Waals surface area contributed by atoms with Gasteiger partial charge in [0.25, 0.3) is 0 Å². The standard InChI is InChI=1S/C15H12FN3O5/c1-9(20)17-10-2-5-12(6-3-10)24-15(21)18-11-4-7-13(16)14(8-11)19(22)23/h2-8H,1H3,(H,17,20)(H,18,21). The first-order chi connectivity index (χ1) is 11.3. The Kier molecular flexibility index (Phi) is 5.05. The summed E-state index contributed by atoms with van der Waals surface area (Å²) in [4.78, 5) is 32.4. The third-order valence-corrected chi connectivity index (χ3v) is 2.77. The average molecular weight is 333 g/mol. The van der Waals surface area contributed by atoms with Crippen LogP contribution in [0.4, 0.5) is 26.2 Å². The molecule has 0 saturated carbocycles. The first kappa shape index (κ1) is 16.9. The van der Waals surface area contributed by atoms with Crippen molar-refractivity contribution in [1.29, 1.82) is 0 Å². The summed E-state index contributed by atoms with van der Waals surface area (Å²) < 4.78 is 18.2. The highest BCUT2D eigenvalue weighted by Crippen LogP contribution is 2.22. The summed E-state index contributed by atoms with van der Waals surface area (Å²) in [5.41, 5.74) is -0.208. The van der Waals surface area contributed by atoms with Crippen LogP contribution in [0.25, 0.3) is 0 Å². The quantitative estimate of drug-likeness (QED) is 0.659. The highest BCUT2D eigenvalue weighted by Gasteiger charge is 2.15. The van der Waals surface area contributed by atoms with Gasteiger partial charge in [0.2, 0.25) is 11.7 Å². The van der Waals surface area contributed by atoms with Crippen LogP contribution >= 0.6 is 0 Å². The molecule has 0 fully saturated rings. The minimum absolute atomic E-state index is 0.0166. The molecule has 0 spiro atoms. The maximum absolute atomic E-state index is 13.2. The Morgan fingerprint density at radius 3 is 2.29 bits per heavy atom. The van der Waals surface area contributed by atoms with Crippen molar-refractivity contribution in [2.75, 3.05) is 10.6 Å². The molecule has 2 aromatic carbocycles. The summed E-state index contributed by atoms with van der Waals surface area (Å²) in [5, 5.41) is 15.5. The monoisotopic (exact) mass is 333 g/mol. The second kappa shape index (κ2) is 7.18. The van der Waals surface area contributed by atoms with Gasteiger partial charge in [-0.1, -0.05) is 0 Å². The van der Waals surface area contributed by atoms with E-state index in [1.54, 1.807) is 0 Å². The van der Waals surface area contributed by atoms with Crippen LogP contribution in [-0.2, 0) is 4.79 Å². The van der Waals surface area contributed by atoms with E-state index in [-0.39, 0.29) is 17.3 Å².